The second-order valence-electron chi connectivity index (χ2n) is 3.68. The number of carbonyl (C=O) groups excluding carboxylic acids is 1. The van der Waals surface area contributed by atoms with Crippen LogP contribution in [0.5, 0.6) is 0 Å². The van der Waals surface area contributed by atoms with Gasteiger partial charge in [-0.15, -0.1) is 11.6 Å². The monoisotopic (exact) mass is 256 g/mol. The van der Waals surface area contributed by atoms with E-state index in [2.05, 4.69) is 0 Å². The molecule has 2 N–H and O–H groups in total. The number of rotatable bonds is 5. The normalized spacial score (nSPS) is 12.2. The van der Waals surface area contributed by atoms with Crippen molar-refractivity contribution in [2.24, 2.45) is 0 Å². The lowest BCUT2D eigenvalue weighted by Crippen LogP contribution is -2.11. The molecule has 1 aromatic carbocycles. The molecule has 92 valence electrons. The smallest absolute Gasteiger partial charge is 0.337 e. The molecule has 0 saturated heterocycles. The Morgan fingerprint density at radius 3 is 2.53 bits per heavy atom. The maximum atomic E-state index is 11.6. The van der Waals surface area contributed by atoms with Crippen LogP contribution in [-0.4, -0.2) is 27.8 Å². The molecule has 0 fully saturated rings. The third-order valence-electron chi connectivity index (χ3n) is 2.42. The molecular weight excluding hydrogens is 244 g/mol. The van der Waals surface area contributed by atoms with Gasteiger partial charge in [-0.2, -0.15) is 0 Å². The number of Topliss-reactive ketones (excluding diaryl/α,β-unsaturated/α-hetero) is 1. The number of alkyl halides is 1. The van der Waals surface area contributed by atoms with Gasteiger partial charge in [-0.05, 0) is 18.1 Å². The number of aliphatic hydroxyl groups excluding tert-OH is 1. The molecular formula is C12H13ClO4. The molecule has 0 aliphatic heterocycles. The molecule has 0 bridgehead atoms. The molecule has 1 atom stereocenters. The fourth-order valence-corrected chi connectivity index (χ4v) is 1.70. The SMILES string of the molecule is Cc1cc(C(O)C(=O)O)ccc1C(=O)CCCl. The highest BCUT2D eigenvalue weighted by Crippen LogP contribution is 2.19. The Labute approximate surface area is 104 Å². The average molecular weight is 257 g/mol. The van der Waals surface area contributed by atoms with Crippen LogP contribution in [0.2, 0.25) is 0 Å². The summed E-state index contributed by atoms with van der Waals surface area (Å²) in [5.41, 5.74) is 1.40. The summed E-state index contributed by atoms with van der Waals surface area (Å²) in [6, 6.07) is 4.46. The van der Waals surface area contributed by atoms with Crippen LogP contribution in [0.4, 0.5) is 0 Å². The summed E-state index contributed by atoms with van der Waals surface area (Å²) in [6.07, 6.45) is -1.32. The Bertz CT molecular complexity index is 442. The number of aliphatic hydroxyl groups is 1. The number of ketones is 1. The molecule has 0 aromatic heterocycles. The maximum absolute atomic E-state index is 11.6. The van der Waals surface area contributed by atoms with Gasteiger partial charge in [-0.1, -0.05) is 18.2 Å². The molecule has 4 nitrogen and oxygen atoms in total. The highest BCUT2D eigenvalue weighted by molar-refractivity contribution is 6.19. The van der Waals surface area contributed by atoms with E-state index < -0.39 is 12.1 Å². The number of carboxylic acid groups (broad SMARTS) is 1. The van der Waals surface area contributed by atoms with E-state index in [-0.39, 0.29) is 23.6 Å². The van der Waals surface area contributed by atoms with Crippen LogP contribution in [0.15, 0.2) is 18.2 Å². The van der Waals surface area contributed by atoms with Crippen molar-refractivity contribution in [1.29, 1.82) is 0 Å². The van der Waals surface area contributed by atoms with Crippen LogP contribution in [0.25, 0.3) is 0 Å². The lowest BCUT2D eigenvalue weighted by atomic mass is 9.98. The molecule has 17 heavy (non-hydrogen) atoms. The molecule has 0 radical (unpaired) electrons. The van der Waals surface area contributed by atoms with Gasteiger partial charge in [-0.3, -0.25) is 4.79 Å². The fraction of sp³-hybridized carbons (Fsp3) is 0.333. The van der Waals surface area contributed by atoms with Gasteiger partial charge in [0.25, 0.3) is 0 Å². The van der Waals surface area contributed by atoms with Crippen LogP contribution in [0, 0.1) is 6.92 Å². The summed E-state index contributed by atoms with van der Waals surface area (Å²) >= 11 is 5.48. The third kappa shape index (κ3) is 3.28. The zero-order chi connectivity index (χ0) is 13.0. The highest BCUT2D eigenvalue weighted by Gasteiger charge is 2.17. The molecule has 1 aromatic rings. The topological polar surface area (TPSA) is 74.6 Å². The number of benzene rings is 1. The molecule has 1 unspecified atom stereocenters. The van der Waals surface area contributed by atoms with Crippen LogP contribution < -0.4 is 0 Å². The summed E-state index contributed by atoms with van der Waals surface area (Å²) < 4.78 is 0. The van der Waals surface area contributed by atoms with Gasteiger partial charge in [0.05, 0.1) is 0 Å². The Balaban J connectivity index is 3.01. The van der Waals surface area contributed by atoms with E-state index in [0.717, 1.165) is 0 Å². The van der Waals surface area contributed by atoms with Crippen molar-refractivity contribution in [2.45, 2.75) is 19.4 Å². The summed E-state index contributed by atoms with van der Waals surface area (Å²) in [5.74, 6) is -1.16. The quantitative estimate of drug-likeness (QED) is 0.624. The van der Waals surface area contributed by atoms with Crippen LogP contribution >= 0.6 is 11.6 Å². The maximum Gasteiger partial charge on any atom is 0.337 e. The van der Waals surface area contributed by atoms with Crippen LogP contribution in [0.1, 0.15) is 34.0 Å². The van der Waals surface area contributed by atoms with Gasteiger partial charge in [0.15, 0.2) is 11.9 Å². The van der Waals surface area contributed by atoms with E-state index in [9.17, 15) is 14.7 Å². The Morgan fingerprint density at radius 1 is 1.41 bits per heavy atom. The van der Waals surface area contributed by atoms with Gasteiger partial charge in [-0.25, -0.2) is 4.79 Å². The molecule has 0 saturated carbocycles. The lowest BCUT2D eigenvalue weighted by Gasteiger charge is -2.09. The van der Waals surface area contributed by atoms with Gasteiger partial charge < -0.3 is 10.2 Å². The Hall–Kier alpha value is -1.39. The zero-order valence-corrected chi connectivity index (χ0v) is 10.1. The van der Waals surface area contributed by atoms with Crippen molar-refractivity contribution >= 4 is 23.4 Å². The number of halogens is 1. The van der Waals surface area contributed by atoms with E-state index in [4.69, 9.17) is 16.7 Å². The lowest BCUT2D eigenvalue weighted by molar-refractivity contribution is -0.146. The number of carbonyl (C=O) groups is 2. The summed E-state index contributed by atoms with van der Waals surface area (Å²) in [5, 5.41) is 18.0. The van der Waals surface area contributed by atoms with E-state index in [1.807, 2.05) is 0 Å². The van der Waals surface area contributed by atoms with Gasteiger partial charge >= 0.3 is 5.97 Å². The highest BCUT2D eigenvalue weighted by atomic mass is 35.5. The number of carboxylic acids is 1. The first-order valence-electron chi connectivity index (χ1n) is 5.08. The van der Waals surface area contributed by atoms with Crippen molar-refractivity contribution in [2.75, 3.05) is 5.88 Å². The van der Waals surface area contributed by atoms with Crippen LogP contribution in [-0.2, 0) is 4.79 Å². The molecule has 0 aliphatic carbocycles. The minimum absolute atomic E-state index is 0.0890. The second-order valence-corrected chi connectivity index (χ2v) is 4.06. The van der Waals surface area contributed by atoms with Gasteiger partial charge in [0.1, 0.15) is 0 Å². The summed E-state index contributed by atoms with van der Waals surface area (Å²) in [4.78, 5) is 22.2. The minimum atomic E-state index is -1.56. The van der Waals surface area contributed by atoms with E-state index in [1.165, 1.54) is 18.2 Å². The average Bonchev–Trinajstić information content (AvgIpc) is 2.27. The van der Waals surface area contributed by atoms with Crippen molar-refractivity contribution in [3.63, 3.8) is 0 Å². The Morgan fingerprint density at radius 2 is 2.06 bits per heavy atom. The molecule has 5 heteroatoms. The van der Waals surface area contributed by atoms with Crippen molar-refractivity contribution in [3.05, 3.63) is 34.9 Å². The predicted molar refractivity (Wildman–Crippen MR) is 63.4 cm³/mol. The van der Waals surface area contributed by atoms with Gasteiger partial charge in [0.2, 0.25) is 0 Å². The largest absolute Gasteiger partial charge is 0.479 e. The standard InChI is InChI=1S/C12H13ClO4/c1-7-6-8(11(15)12(16)17)2-3-9(7)10(14)4-5-13/h2-3,6,11,15H,4-5H2,1H3,(H,16,17). The first-order chi connectivity index (χ1) is 7.97. The Kier molecular flexibility index (Phi) is 4.66. The van der Waals surface area contributed by atoms with Gasteiger partial charge in [0, 0.05) is 17.9 Å². The molecule has 1 rings (SSSR count). The first-order valence-corrected chi connectivity index (χ1v) is 5.61. The number of hydrogen-bond acceptors (Lipinski definition) is 3. The van der Waals surface area contributed by atoms with Crippen molar-refractivity contribution < 1.29 is 19.8 Å². The molecule has 0 spiro atoms. The van der Waals surface area contributed by atoms with Crippen molar-refractivity contribution in [1.82, 2.24) is 0 Å². The van der Waals surface area contributed by atoms with E-state index in [0.29, 0.717) is 11.1 Å². The molecule has 0 heterocycles. The molecule has 0 aliphatic rings. The second kappa shape index (κ2) is 5.80. The number of aliphatic carboxylic acids is 1. The number of aryl methyl sites for hydroxylation is 1. The zero-order valence-electron chi connectivity index (χ0n) is 9.31. The molecule has 0 amide bonds. The van der Waals surface area contributed by atoms with E-state index >= 15 is 0 Å². The minimum Gasteiger partial charge on any atom is -0.479 e. The van der Waals surface area contributed by atoms with Crippen LogP contribution in [0.3, 0.4) is 0 Å². The summed E-state index contributed by atoms with van der Waals surface area (Å²) in [6.45, 7) is 1.69. The van der Waals surface area contributed by atoms with E-state index in [1.54, 1.807) is 6.92 Å². The fourth-order valence-electron chi connectivity index (χ4n) is 1.53. The summed E-state index contributed by atoms with van der Waals surface area (Å²) in [7, 11) is 0. The first kappa shape index (κ1) is 13.7. The number of hydrogen-bond donors (Lipinski definition) is 2. The third-order valence-corrected chi connectivity index (χ3v) is 2.61. The van der Waals surface area contributed by atoms with Crippen molar-refractivity contribution in [3.8, 4) is 0 Å². The predicted octanol–water partition coefficient (Wildman–Crippen LogP) is 1.92.